The molecule has 18 heavy (non-hydrogen) atoms. The molecule has 1 aromatic carbocycles. The number of hydrogen-bond acceptors (Lipinski definition) is 2. The Kier molecular flexibility index (Phi) is 5.24. The second-order valence-corrected chi connectivity index (χ2v) is 5.89. The predicted molar refractivity (Wildman–Crippen MR) is 73.3 cm³/mol. The van der Waals surface area contributed by atoms with Crippen LogP contribution in [0.15, 0.2) is 29.2 Å². The lowest BCUT2D eigenvalue weighted by atomic mass is 9.96. The number of carbonyl (C=O) groups excluding carboxylic acids is 1. The van der Waals surface area contributed by atoms with Crippen LogP contribution < -0.4 is 0 Å². The molecule has 0 amide bonds. The van der Waals surface area contributed by atoms with Crippen molar-refractivity contribution >= 4 is 17.5 Å². The second-order valence-electron chi connectivity index (χ2n) is 4.87. The molecule has 0 radical (unpaired) electrons. The quantitative estimate of drug-likeness (QED) is 0.591. The van der Waals surface area contributed by atoms with Gasteiger partial charge in [0.05, 0.1) is 5.75 Å². The van der Waals surface area contributed by atoms with Gasteiger partial charge in [-0.1, -0.05) is 37.8 Å². The lowest BCUT2D eigenvalue weighted by Crippen LogP contribution is -2.16. The van der Waals surface area contributed by atoms with Crippen molar-refractivity contribution in [2.24, 2.45) is 5.92 Å². The van der Waals surface area contributed by atoms with Gasteiger partial charge in [0.1, 0.15) is 11.6 Å². The maximum absolute atomic E-state index is 13.4. The normalized spacial score (nSPS) is 17.4. The van der Waals surface area contributed by atoms with Gasteiger partial charge in [-0.2, -0.15) is 0 Å². The number of carbonyl (C=O) groups is 1. The van der Waals surface area contributed by atoms with Gasteiger partial charge in [0.2, 0.25) is 0 Å². The average Bonchev–Trinajstić information content (AvgIpc) is 2.66. The molecule has 0 spiro atoms. The molecule has 1 aromatic rings. The molecular formula is C15H19FOS. The first kappa shape index (κ1) is 13.6. The van der Waals surface area contributed by atoms with Crippen LogP contribution in [0.5, 0.6) is 0 Å². The summed E-state index contributed by atoms with van der Waals surface area (Å²) in [6.07, 6.45) is 6.89. The standard InChI is InChI=1S/C15H19FOS/c16-13-9-5-6-10-15(13)18-11-14(17)12-7-3-1-2-4-8-12/h5-6,9-10,12H,1-4,7-8,11H2. The molecule has 0 N–H and O–H groups in total. The fourth-order valence-corrected chi connectivity index (χ4v) is 3.34. The van der Waals surface area contributed by atoms with Crippen LogP contribution in [0.3, 0.4) is 0 Å². The summed E-state index contributed by atoms with van der Waals surface area (Å²) in [5, 5.41) is 0. The van der Waals surface area contributed by atoms with E-state index in [1.165, 1.54) is 43.5 Å². The Hall–Kier alpha value is -0.830. The van der Waals surface area contributed by atoms with Crippen LogP contribution in [-0.2, 0) is 4.79 Å². The monoisotopic (exact) mass is 266 g/mol. The Labute approximate surface area is 112 Å². The van der Waals surface area contributed by atoms with Gasteiger partial charge in [-0.25, -0.2) is 4.39 Å². The lowest BCUT2D eigenvalue weighted by Gasteiger charge is -2.12. The molecule has 1 aliphatic carbocycles. The van der Waals surface area contributed by atoms with E-state index in [0.29, 0.717) is 16.4 Å². The Bertz CT molecular complexity index is 397. The Morgan fingerprint density at radius 2 is 1.83 bits per heavy atom. The molecule has 98 valence electrons. The smallest absolute Gasteiger partial charge is 0.146 e. The third-order valence-corrected chi connectivity index (χ3v) is 4.59. The maximum atomic E-state index is 13.4. The fraction of sp³-hybridized carbons (Fsp3) is 0.533. The van der Waals surface area contributed by atoms with Crippen LogP contribution in [0, 0.1) is 11.7 Å². The van der Waals surface area contributed by atoms with Gasteiger partial charge in [-0.05, 0) is 25.0 Å². The van der Waals surface area contributed by atoms with E-state index in [9.17, 15) is 9.18 Å². The zero-order valence-electron chi connectivity index (χ0n) is 10.5. The summed E-state index contributed by atoms with van der Waals surface area (Å²) in [5.74, 6) is 0.694. The van der Waals surface area contributed by atoms with Crippen molar-refractivity contribution in [3.63, 3.8) is 0 Å². The average molecular weight is 266 g/mol. The van der Waals surface area contributed by atoms with Crippen molar-refractivity contribution in [2.45, 2.75) is 43.4 Å². The van der Waals surface area contributed by atoms with E-state index >= 15 is 0 Å². The molecule has 0 atom stereocenters. The highest BCUT2D eigenvalue weighted by atomic mass is 32.2. The number of benzene rings is 1. The number of thioether (sulfide) groups is 1. The topological polar surface area (TPSA) is 17.1 Å². The van der Waals surface area contributed by atoms with Gasteiger partial charge in [-0.15, -0.1) is 11.8 Å². The minimum Gasteiger partial charge on any atom is -0.298 e. The molecule has 0 heterocycles. The van der Waals surface area contributed by atoms with E-state index < -0.39 is 0 Å². The zero-order valence-corrected chi connectivity index (χ0v) is 11.3. The molecule has 0 unspecified atom stereocenters. The predicted octanol–water partition coefficient (Wildman–Crippen LogP) is 4.46. The first-order chi connectivity index (χ1) is 8.77. The number of hydrogen-bond donors (Lipinski definition) is 0. The Balaban J connectivity index is 1.86. The van der Waals surface area contributed by atoms with E-state index in [-0.39, 0.29) is 11.7 Å². The molecule has 1 saturated carbocycles. The minimum atomic E-state index is -0.226. The number of rotatable bonds is 4. The molecule has 1 nitrogen and oxygen atoms in total. The summed E-state index contributed by atoms with van der Waals surface area (Å²) in [6, 6.07) is 6.66. The molecule has 0 bridgehead atoms. The Morgan fingerprint density at radius 3 is 2.50 bits per heavy atom. The highest BCUT2D eigenvalue weighted by Gasteiger charge is 2.20. The zero-order chi connectivity index (χ0) is 12.8. The van der Waals surface area contributed by atoms with Gasteiger partial charge in [0, 0.05) is 10.8 Å². The van der Waals surface area contributed by atoms with Gasteiger partial charge >= 0.3 is 0 Å². The highest BCUT2D eigenvalue weighted by molar-refractivity contribution is 8.00. The first-order valence-electron chi connectivity index (χ1n) is 6.67. The van der Waals surface area contributed by atoms with Crippen molar-refractivity contribution in [3.05, 3.63) is 30.1 Å². The number of halogens is 1. The fourth-order valence-electron chi connectivity index (χ4n) is 2.43. The summed E-state index contributed by atoms with van der Waals surface area (Å²) in [5.41, 5.74) is 0. The minimum absolute atomic E-state index is 0.215. The summed E-state index contributed by atoms with van der Waals surface area (Å²) in [7, 11) is 0. The van der Waals surface area contributed by atoms with Crippen molar-refractivity contribution < 1.29 is 9.18 Å². The number of Topliss-reactive ketones (excluding diaryl/α,β-unsaturated/α-hetero) is 1. The van der Waals surface area contributed by atoms with E-state index in [1.807, 2.05) is 6.07 Å². The molecule has 3 heteroatoms. The van der Waals surface area contributed by atoms with Crippen LogP contribution in [0.25, 0.3) is 0 Å². The van der Waals surface area contributed by atoms with Crippen LogP contribution in [0.4, 0.5) is 4.39 Å². The molecular weight excluding hydrogens is 247 g/mol. The summed E-state index contributed by atoms with van der Waals surface area (Å²) < 4.78 is 13.4. The van der Waals surface area contributed by atoms with Gasteiger partial charge in [-0.3, -0.25) is 4.79 Å². The van der Waals surface area contributed by atoms with Crippen LogP contribution >= 0.6 is 11.8 Å². The Morgan fingerprint density at radius 1 is 1.17 bits per heavy atom. The molecule has 1 aliphatic rings. The summed E-state index contributed by atoms with van der Waals surface area (Å²) in [6.45, 7) is 0. The van der Waals surface area contributed by atoms with Gasteiger partial charge in [0.15, 0.2) is 0 Å². The molecule has 1 fully saturated rings. The highest BCUT2D eigenvalue weighted by Crippen LogP contribution is 2.27. The van der Waals surface area contributed by atoms with Crippen molar-refractivity contribution in [3.8, 4) is 0 Å². The molecule has 0 aliphatic heterocycles. The van der Waals surface area contributed by atoms with Crippen molar-refractivity contribution in [1.29, 1.82) is 0 Å². The SMILES string of the molecule is O=C(CSc1ccccc1F)C1CCCCCC1. The maximum Gasteiger partial charge on any atom is 0.146 e. The van der Waals surface area contributed by atoms with Crippen LogP contribution in [0.2, 0.25) is 0 Å². The first-order valence-corrected chi connectivity index (χ1v) is 7.66. The van der Waals surface area contributed by atoms with Crippen molar-refractivity contribution in [1.82, 2.24) is 0 Å². The molecule has 2 rings (SSSR count). The third-order valence-electron chi connectivity index (χ3n) is 3.52. The van der Waals surface area contributed by atoms with Gasteiger partial charge in [0.25, 0.3) is 0 Å². The van der Waals surface area contributed by atoms with E-state index in [4.69, 9.17) is 0 Å². The second kappa shape index (κ2) is 6.93. The van der Waals surface area contributed by atoms with Crippen LogP contribution in [0.1, 0.15) is 38.5 Å². The van der Waals surface area contributed by atoms with Crippen molar-refractivity contribution in [2.75, 3.05) is 5.75 Å². The third kappa shape index (κ3) is 3.84. The summed E-state index contributed by atoms with van der Waals surface area (Å²) >= 11 is 1.33. The summed E-state index contributed by atoms with van der Waals surface area (Å²) in [4.78, 5) is 12.7. The van der Waals surface area contributed by atoms with Crippen LogP contribution in [-0.4, -0.2) is 11.5 Å². The molecule has 0 saturated heterocycles. The number of ketones is 1. The van der Waals surface area contributed by atoms with E-state index in [0.717, 1.165) is 12.8 Å². The van der Waals surface area contributed by atoms with Gasteiger partial charge < -0.3 is 0 Å². The van der Waals surface area contributed by atoms with E-state index in [1.54, 1.807) is 12.1 Å². The van der Waals surface area contributed by atoms with E-state index in [2.05, 4.69) is 0 Å². The molecule has 0 aromatic heterocycles. The lowest BCUT2D eigenvalue weighted by molar-refractivity contribution is -0.120. The largest absolute Gasteiger partial charge is 0.298 e.